The second kappa shape index (κ2) is 10.8. The number of aromatic amines is 2. The van der Waals surface area contributed by atoms with Crippen molar-refractivity contribution in [1.29, 1.82) is 0 Å². The number of rotatable bonds is 7. The van der Waals surface area contributed by atoms with E-state index < -0.39 is 0 Å². The van der Waals surface area contributed by atoms with Gasteiger partial charge in [0.15, 0.2) is 0 Å². The van der Waals surface area contributed by atoms with Crippen LogP contribution in [0.3, 0.4) is 0 Å². The maximum absolute atomic E-state index is 4.87. The fraction of sp³-hybridized carbons (Fsp3) is 0.206. The molecule has 1 aliphatic heterocycles. The summed E-state index contributed by atoms with van der Waals surface area (Å²) in [6.07, 6.45) is 0. The Morgan fingerprint density at radius 2 is 1.45 bits per heavy atom. The van der Waals surface area contributed by atoms with Crippen molar-refractivity contribution >= 4 is 45.8 Å². The summed E-state index contributed by atoms with van der Waals surface area (Å²) in [7, 11) is 2.17. The molecule has 0 aliphatic carbocycles. The van der Waals surface area contributed by atoms with Gasteiger partial charge < -0.3 is 25.1 Å². The highest BCUT2D eigenvalue weighted by molar-refractivity contribution is 5.86. The molecule has 210 valence electrons. The number of anilines is 2. The molecule has 1 aliphatic rings. The van der Waals surface area contributed by atoms with E-state index in [1.165, 1.54) is 11.3 Å². The first-order chi connectivity index (χ1) is 20.5. The second-order valence-electron chi connectivity index (χ2n) is 11.1. The molecule has 0 radical (unpaired) electrons. The van der Waals surface area contributed by atoms with Gasteiger partial charge in [0.25, 0.3) is 0 Å². The molecule has 3 N–H and O–H groups in total. The Balaban J connectivity index is 1.08. The summed E-state index contributed by atoms with van der Waals surface area (Å²) in [6.45, 7) is 10.8. The van der Waals surface area contributed by atoms with Crippen LogP contribution in [0.25, 0.3) is 44.8 Å². The molecular formula is C34H34N8. The Hall–Kier alpha value is -4.95. The van der Waals surface area contributed by atoms with Crippen LogP contribution in [0.1, 0.15) is 11.1 Å². The lowest BCUT2D eigenvalue weighted by Crippen LogP contribution is -2.44. The molecule has 0 amide bonds. The molecule has 6 aromatic rings. The van der Waals surface area contributed by atoms with Crippen LogP contribution in [-0.4, -0.2) is 64.8 Å². The van der Waals surface area contributed by atoms with Crippen LogP contribution in [0.15, 0.2) is 83.9 Å². The van der Waals surface area contributed by atoms with Crippen molar-refractivity contribution < 1.29 is 0 Å². The highest BCUT2D eigenvalue weighted by Gasteiger charge is 2.16. The van der Waals surface area contributed by atoms with Gasteiger partial charge in [-0.15, -0.1) is 0 Å². The summed E-state index contributed by atoms with van der Waals surface area (Å²) in [5.74, 6) is 1.70. The fourth-order valence-corrected chi connectivity index (χ4v) is 5.57. The molecule has 42 heavy (non-hydrogen) atoms. The van der Waals surface area contributed by atoms with Gasteiger partial charge in [-0.1, -0.05) is 35.9 Å². The number of fused-ring (bicyclic) bond motifs is 2. The van der Waals surface area contributed by atoms with E-state index in [0.717, 1.165) is 88.0 Å². The number of hydrogen-bond acceptors (Lipinski definition) is 6. The van der Waals surface area contributed by atoms with Gasteiger partial charge in [-0.05, 0) is 74.8 Å². The third-order valence-electron chi connectivity index (χ3n) is 8.13. The monoisotopic (exact) mass is 554 g/mol. The molecule has 8 nitrogen and oxygen atoms in total. The minimum absolute atomic E-state index is 0.669. The predicted octanol–water partition coefficient (Wildman–Crippen LogP) is 6.78. The van der Waals surface area contributed by atoms with E-state index in [2.05, 4.69) is 124 Å². The highest BCUT2D eigenvalue weighted by atomic mass is 15.2. The molecule has 0 atom stereocenters. The van der Waals surface area contributed by atoms with Crippen LogP contribution in [0.2, 0.25) is 0 Å². The van der Waals surface area contributed by atoms with Crippen molar-refractivity contribution in [2.45, 2.75) is 13.5 Å². The zero-order valence-electron chi connectivity index (χ0n) is 24.0. The first kappa shape index (κ1) is 26.0. The number of nitrogens with zero attached hydrogens (tertiary/aromatic N) is 5. The van der Waals surface area contributed by atoms with Crippen LogP contribution in [0.5, 0.6) is 0 Å². The van der Waals surface area contributed by atoms with Crippen LogP contribution in [0.4, 0.5) is 17.1 Å². The number of hydrogen-bond donors (Lipinski definition) is 3. The molecule has 7 rings (SSSR count). The van der Waals surface area contributed by atoms with E-state index in [1.54, 1.807) is 0 Å². The zero-order chi connectivity index (χ0) is 28.6. The number of benzene rings is 4. The number of H-pyrrole nitrogens is 2. The predicted molar refractivity (Wildman–Crippen MR) is 174 cm³/mol. The molecule has 8 heteroatoms. The summed E-state index contributed by atoms with van der Waals surface area (Å²) in [4.78, 5) is 25.7. The Kier molecular flexibility index (Phi) is 6.68. The normalized spacial score (nSPS) is 14.1. The SMILES string of the molecule is C=Nc1cc(N2CCN(C)CC2)ccc1NCc1ccc2nc(-c3ccc4nc(-c5ccc(C)cc5)[nH]c4c3)[nH]c2c1. The Morgan fingerprint density at radius 1 is 0.786 bits per heavy atom. The summed E-state index contributed by atoms with van der Waals surface area (Å²) in [5, 5.41) is 3.55. The lowest BCUT2D eigenvalue weighted by Gasteiger charge is -2.34. The maximum Gasteiger partial charge on any atom is 0.138 e. The lowest BCUT2D eigenvalue weighted by atomic mass is 10.1. The maximum atomic E-state index is 4.87. The molecule has 0 spiro atoms. The van der Waals surface area contributed by atoms with Gasteiger partial charge in [0.2, 0.25) is 0 Å². The summed E-state index contributed by atoms with van der Waals surface area (Å²) < 4.78 is 0. The molecule has 0 unspecified atom stereocenters. The largest absolute Gasteiger partial charge is 0.379 e. The number of piperazine rings is 1. The first-order valence-corrected chi connectivity index (χ1v) is 14.4. The van der Waals surface area contributed by atoms with E-state index in [4.69, 9.17) is 9.97 Å². The standard InChI is InChI=1S/C34H34N8/c1-22-4-7-24(8-5-22)33-37-29-12-9-25(19-32(29)40-33)34-38-28-11-6-23(18-31(28)39-34)21-36-27-13-10-26(20-30(27)35-2)42-16-14-41(3)15-17-42/h4-13,18-20,36H,2,14-17,21H2,1,3H3,(H,37,40)(H,38,39). The minimum Gasteiger partial charge on any atom is -0.379 e. The smallest absolute Gasteiger partial charge is 0.138 e. The summed E-state index contributed by atoms with van der Waals surface area (Å²) in [5.41, 5.74) is 11.4. The van der Waals surface area contributed by atoms with Crippen LogP contribution >= 0.6 is 0 Å². The molecule has 4 aromatic carbocycles. The topological polar surface area (TPSA) is 88.2 Å². The van der Waals surface area contributed by atoms with Crippen LogP contribution in [0, 0.1) is 6.92 Å². The average Bonchev–Trinajstić information content (AvgIpc) is 3.64. The average molecular weight is 555 g/mol. The van der Waals surface area contributed by atoms with Crippen molar-refractivity contribution in [2.24, 2.45) is 4.99 Å². The number of aliphatic imine (C=N–C) groups is 1. The van der Waals surface area contributed by atoms with Crippen molar-refractivity contribution in [1.82, 2.24) is 24.8 Å². The molecule has 2 aromatic heterocycles. The van der Waals surface area contributed by atoms with Gasteiger partial charge in [0.05, 0.1) is 33.4 Å². The molecular weight excluding hydrogens is 520 g/mol. The van der Waals surface area contributed by atoms with Gasteiger partial charge in [-0.3, -0.25) is 4.99 Å². The van der Waals surface area contributed by atoms with Gasteiger partial charge in [0.1, 0.15) is 11.6 Å². The molecule has 0 bridgehead atoms. The quantitative estimate of drug-likeness (QED) is 0.189. The first-order valence-electron chi connectivity index (χ1n) is 14.4. The number of likely N-dealkylation sites (N-methyl/N-ethyl adjacent to an activating group) is 1. The van der Waals surface area contributed by atoms with Crippen LogP contribution in [-0.2, 0) is 6.54 Å². The number of aryl methyl sites for hydroxylation is 1. The summed E-state index contributed by atoms with van der Waals surface area (Å²) >= 11 is 0. The second-order valence-corrected chi connectivity index (χ2v) is 11.1. The van der Waals surface area contributed by atoms with Crippen molar-refractivity contribution in [2.75, 3.05) is 43.4 Å². The Morgan fingerprint density at radius 3 is 2.19 bits per heavy atom. The molecule has 3 heterocycles. The minimum atomic E-state index is 0.669. The van der Waals surface area contributed by atoms with E-state index in [9.17, 15) is 0 Å². The van der Waals surface area contributed by atoms with E-state index >= 15 is 0 Å². The molecule has 1 fully saturated rings. The van der Waals surface area contributed by atoms with Crippen molar-refractivity contribution in [3.05, 3.63) is 90.0 Å². The molecule has 1 saturated heterocycles. The van der Waals surface area contributed by atoms with Crippen molar-refractivity contribution in [3.8, 4) is 22.8 Å². The third-order valence-corrected chi connectivity index (χ3v) is 8.13. The van der Waals surface area contributed by atoms with Gasteiger partial charge >= 0.3 is 0 Å². The number of aromatic nitrogens is 4. The molecule has 0 saturated carbocycles. The van der Waals surface area contributed by atoms with E-state index in [-0.39, 0.29) is 0 Å². The van der Waals surface area contributed by atoms with Crippen LogP contribution < -0.4 is 10.2 Å². The van der Waals surface area contributed by atoms with E-state index in [0.29, 0.717) is 6.54 Å². The summed E-state index contributed by atoms with van der Waals surface area (Å²) in [6, 6.07) is 27.4. The van der Waals surface area contributed by atoms with Gasteiger partial charge in [0, 0.05) is 49.5 Å². The highest BCUT2D eigenvalue weighted by Crippen LogP contribution is 2.31. The zero-order valence-corrected chi connectivity index (χ0v) is 24.0. The van der Waals surface area contributed by atoms with Gasteiger partial charge in [-0.2, -0.15) is 0 Å². The van der Waals surface area contributed by atoms with Crippen molar-refractivity contribution in [3.63, 3.8) is 0 Å². The van der Waals surface area contributed by atoms with Gasteiger partial charge in [-0.25, -0.2) is 9.97 Å². The third kappa shape index (κ3) is 5.12. The lowest BCUT2D eigenvalue weighted by molar-refractivity contribution is 0.313. The fourth-order valence-electron chi connectivity index (χ4n) is 5.57. The number of nitrogens with one attached hydrogen (secondary N) is 3. The Bertz CT molecular complexity index is 1890. The van der Waals surface area contributed by atoms with E-state index in [1.807, 2.05) is 6.07 Å². The number of imidazole rings is 2. The Labute approximate surface area is 245 Å².